The number of nitrogens with two attached hydrogens (primary N) is 1. The molecule has 0 atom stereocenters. The quantitative estimate of drug-likeness (QED) is 0.907. The van der Waals surface area contributed by atoms with Crippen molar-refractivity contribution in [3.05, 3.63) is 40.6 Å². The largest absolute Gasteiger partial charge is 0.396 e. The Hall–Kier alpha value is -2.00. The third kappa shape index (κ3) is 2.81. The molecule has 1 aromatic carbocycles. The SMILES string of the molecule is N#Cc1c(Br)cccc1NCCn1cc(N)cn1. The Balaban J connectivity index is 1.99. The van der Waals surface area contributed by atoms with E-state index in [0.717, 1.165) is 10.2 Å². The van der Waals surface area contributed by atoms with Crippen molar-refractivity contribution >= 4 is 27.3 Å². The molecule has 0 fully saturated rings. The zero-order valence-electron chi connectivity index (χ0n) is 9.60. The third-order valence-electron chi connectivity index (χ3n) is 2.43. The van der Waals surface area contributed by atoms with E-state index in [1.807, 2.05) is 18.2 Å². The Morgan fingerprint density at radius 3 is 3.00 bits per heavy atom. The van der Waals surface area contributed by atoms with Crippen LogP contribution in [0.25, 0.3) is 0 Å². The molecule has 0 amide bonds. The van der Waals surface area contributed by atoms with Crippen molar-refractivity contribution in [2.24, 2.45) is 0 Å². The summed E-state index contributed by atoms with van der Waals surface area (Å²) in [6, 6.07) is 7.77. The molecule has 0 unspecified atom stereocenters. The maximum atomic E-state index is 9.06. The summed E-state index contributed by atoms with van der Waals surface area (Å²) in [6.07, 6.45) is 3.38. The molecule has 0 saturated heterocycles. The monoisotopic (exact) mass is 305 g/mol. The fraction of sp³-hybridized carbons (Fsp3) is 0.167. The van der Waals surface area contributed by atoms with Crippen molar-refractivity contribution < 1.29 is 0 Å². The van der Waals surface area contributed by atoms with E-state index in [2.05, 4.69) is 32.4 Å². The highest BCUT2D eigenvalue weighted by atomic mass is 79.9. The summed E-state index contributed by atoms with van der Waals surface area (Å²) in [6.45, 7) is 1.36. The second-order valence-corrected chi connectivity index (χ2v) is 4.59. The number of aromatic nitrogens is 2. The number of anilines is 2. The van der Waals surface area contributed by atoms with Crippen LogP contribution in [0.2, 0.25) is 0 Å². The van der Waals surface area contributed by atoms with Gasteiger partial charge in [0.25, 0.3) is 0 Å². The summed E-state index contributed by atoms with van der Waals surface area (Å²) in [5.74, 6) is 0. The summed E-state index contributed by atoms with van der Waals surface area (Å²) < 4.78 is 2.55. The second kappa shape index (κ2) is 5.56. The Bertz CT molecular complexity index is 584. The van der Waals surface area contributed by atoms with Gasteiger partial charge in [-0.05, 0) is 28.1 Å². The average molecular weight is 306 g/mol. The highest BCUT2D eigenvalue weighted by Crippen LogP contribution is 2.23. The molecule has 0 aliphatic carbocycles. The Morgan fingerprint density at radius 1 is 1.50 bits per heavy atom. The van der Waals surface area contributed by atoms with Gasteiger partial charge in [0.2, 0.25) is 0 Å². The molecule has 1 aromatic heterocycles. The number of benzene rings is 1. The Labute approximate surface area is 113 Å². The van der Waals surface area contributed by atoms with Crippen LogP contribution in [0.4, 0.5) is 11.4 Å². The van der Waals surface area contributed by atoms with Crippen molar-refractivity contribution in [2.75, 3.05) is 17.6 Å². The van der Waals surface area contributed by atoms with Crippen molar-refractivity contribution in [3.8, 4) is 6.07 Å². The fourth-order valence-electron chi connectivity index (χ4n) is 1.59. The zero-order chi connectivity index (χ0) is 13.0. The Kier molecular flexibility index (Phi) is 3.85. The lowest BCUT2D eigenvalue weighted by molar-refractivity contribution is 0.638. The van der Waals surface area contributed by atoms with Crippen LogP contribution in [0, 0.1) is 11.3 Å². The molecule has 2 aromatic rings. The summed E-state index contributed by atoms with van der Waals surface area (Å²) in [7, 11) is 0. The minimum Gasteiger partial charge on any atom is -0.396 e. The topological polar surface area (TPSA) is 79.7 Å². The first kappa shape index (κ1) is 12.5. The molecule has 5 nitrogen and oxygen atoms in total. The van der Waals surface area contributed by atoms with Crippen molar-refractivity contribution in [2.45, 2.75) is 6.54 Å². The van der Waals surface area contributed by atoms with Crippen LogP contribution in [-0.2, 0) is 6.54 Å². The summed E-state index contributed by atoms with van der Waals surface area (Å²) >= 11 is 3.35. The lowest BCUT2D eigenvalue weighted by atomic mass is 10.2. The standard InChI is InChI=1S/C12H12BrN5/c13-11-2-1-3-12(10(11)6-14)16-4-5-18-8-9(15)7-17-18/h1-3,7-8,16H,4-5,15H2. The Morgan fingerprint density at radius 2 is 2.33 bits per heavy atom. The molecule has 0 aliphatic heterocycles. The predicted octanol–water partition coefficient (Wildman–Crippen LogP) is 2.21. The van der Waals surface area contributed by atoms with Gasteiger partial charge in [-0.15, -0.1) is 0 Å². The molecule has 6 heteroatoms. The highest BCUT2D eigenvalue weighted by molar-refractivity contribution is 9.10. The zero-order valence-corrected chi connectivity index (χ0v) is 11.2. The minimum absolute atomic E-state index is 0.609. The van der Waals surface area contributed by atoms with Gasteiger partial charge in [-0.2, -0.15) is 10.4 Å². The van der Waals surface area contributed by atoms with Gasteiger partial charge < -0.3 is 11.1 Å². The van der Waals surface area contributed by atoms with Crippen molar-refractivity contribution in [1.82, 2.24) is 9.78 Å². The van der Waals surface area contributed by atoms with Gasteiger partial charge in [0, 0.05) is 17.2 Å². The molecule has 92 valence electrons. The third-order valence-corrected chi connectivity index (χ3v) is 3.10. The number of nitrogens with zero attached hydrogens (tertiary/aromatic N) is 3. The maximum absolute atomic E-state index is 9.06. The van der Waals surface area contributed by atoms with Crippen LogP contribution in [0.1, 0.15) is 5.56 Å². The van der Waals surface area contributed by atoms with Crippen LogP contribution < -0.4 is 11.1 Å². The van der Waals surface area contributed by atoms with Gasteiger partial charge in [-0.25, -0.2) is 0 Å². The summed E-state index contributed by atoms with van der Waals surface area (Å²) in [5.41, 5.74) is 7.64. The first-order chi connectivity index (χ1) is 8.70. The number of nitrogens with one attached hydrogen (secondary N) is 1. The lowest BCUT2D eigenvalue weighted by Crippen LogP contribution is -2.11. The van der Waals surface area contributed by atoms with Crippen LogP contribution in [0.5, 0.6) is 0 Å². The number of hydrogen-bond donors (Lipinski definition) is 2. The average Bonchev–Trinajstić information content (AvgIpc) is 2.75. The number of nitrogen functional groups attached to an aromatic ring is 1. The molecule has 3 N–H and O–H groups in total. The summed E-state index contributed by atoms with van der Waals surface area (Å²) in [4.78, 5) is 0. The number of halogens is 1. The van der Waals surface area contributed by atoms with E-state index in [9.17, 15) is 0 Å². The van der Waals surface area contributed by atoms with Crippen LogP contribution in [0.15, 0.2) is 35.1 Å². The number of nitriles is 1. The molecule has 0 radical (unpaired) electrons. The summed E-state index contributed by atoms with van der Waals surface area (Å²) in [5, 5.41) is 16.4. The molecule has 0 saturated carbocycles. The molecule has 1 heterocycles. The first-order valence-electron chi connectivity index (χ1n) is 5.41. The van der Waals surface area contributed by atoms with E-state index in [0.29, 0.717) is 24.3 Å². The second-order valence-electron chi connectivity index (χ2n) is 3.74. The molecular weight excluding hydrogens is 294 g/mol. The van der Waals surface area contributed by atoms with E-state index in [4.69, 9.17) is 11.0 Å². The van der Waals surface area contributed by atoms with Gasteiger partial charge >= 0.3 is 0 Å². The fourth-order valence-corrected chi connectivity index (χ4v) is 2.05. The molecule has 0 aliphatic rings. The van der Waals surface area contributed by atoms with Gasteiger partial charge in [0.15, 0.2) is 0 Å². The molecule has 0 bridgehead atoms. The van der Waals surface area contributed by atoms with Crippen LogP contribution in [0.3, 0.4) is 0 Å². The van der Waals surface area contributed by atoms with Gasteiger partial charge in [-0.1, -0.05) is 6.07 Å². The van der Waals surface area contributed by atoms with E-state index < -0.39 is 0 Å². The van der Waals surface area contributed by atoms with Crippen molar-refractivity contribution in [3.63, 3.8) is 0 Å². The predicted molar refractivity (Wildman–Crippen MR) is 74.0 cm³/mol. The number of rotatable bonds is 4. The lowest BCUT2D eigenvalue weighted by Gasteiger charge is -2.09. The van der Waals surface area contributed by atoms with Gasteiger partial charge in [0.1, 0.15) is 6.07 Å². The highest BCUT2D eigenvalue weighted by Gasteiger charge is 2.05. The van der Waals surface area contributed by atoms with E-state index in [1.54, 1.807) is 17.1 Å². The normalized spacial score (nSPS) is 10.0. The van der Waals surface area contributed by atoms with E-state index in [-0.39, 0.29) is 0 Å². The van der Waals surface area contributed by atoms with Crippen LogP contribution in [-0.4, -0.2) is 16.3 Å². The van der Waals surface area contributed by atoms with Gasteiger partial charge in [0.05, 0.1) is 29.7 Å². The molecular formula is C12H12BrN5. The molecule has 18 heavy (non-hydrogen) atoms. The smallest absolute Gasteiger partial charge is 0.103 e. The first-order valence-corrected chi connectivity index (χ1v) is 6.20. The molecule has 2 rings (SSSR count). The number of hydrogen-bond acceptors (Lipinski definition) is 4. The minimum atomic E-state index is 0.609. The van der Waals surface area contributed by atoms with E-state index >= 15 is 0 Å². The van der Waals surface area contributed by atoms with Crippen LogP contribution >= 0.6 is 15.9 Å². The molecule has 0 spiro atoms. The van der Waals surface area contributed by atoms with Gasteiger partial charge in [-0.3, -0.25) is 4.68 Å². The maximum Gasteiger partial charge on any atom is 0.103 e. The van der Waals surface area contributed by atoms with Crippen molar-refractivity contribution in [1.29, 1.82) is 5.26 Å². The van der Waals surface area contributed by atoms with E-state index in [1.165, 1.54) is 0 Å².